The van der Waals surface area contributed by atoms with Gasteiger partial charge in [-0.1, -0.05) is 32.1 Å². The highest BCUT2D eigenvalue weighted by molar-refractivity contribution is 6.76. The maximum atomic E-state index is 13.3. The van der Waals surface area contributed by atoms with Gasteiger partial charge in [-0.15, -0.1) is 0 Å². The summed E-state index contributed by atoms with van der Waals surface area (Å²) >= 11 is 0. The summed E-state index contributed by atoms with van der Waals surface area (Å²) in [7, 11) is -1.39. The number of rotatable bonds is 4. The Labute approximate surface area is 104 Å². The summed E-state index contributed by atoms with van der Waals surface area (Å²) in [6.07, 6.45) is 0.296. The van der Waals surface area contributed by atoms with Crippen LogP contribution >= 0.6 is 0 Å². The molecule has 0 bridgehead atoms. The van der Waals surface area contributed by atoms with Gasteiger partial charge in [-0.3, -0.25) is 0 Å². The highest BCUT2D eigenvalue weighted by atomic mass is 28.3. The van der Waals surface area contributed by atoms with E-state index in [1.165, 1.54) is 0 Å². The van der Waals surface area contributed by atoms with Gasteiger partial charge in [-0.05, 0) is 6.42 Å². The molecule has 0 atom stereocenters. The fraction of sp³-hybridized carbons (Fsp3) is 0.500. The average molecular weight is 282 g/mol. The van der Waals surface area contributed by atoms with E-state index in [4.69, 9.17) is 0 Å². The molecule has 0 aliphatic carbocycles. The maximum Gasteiger partial charge on any atom is 0.200 e. The van der Waals surface area contributed by atoms with Crippen molar-refractivity contribution in [3.63, 3.8) is 0 Å². The van der Waals surface area contributed by atoms with Crippen molar-refractivity contribution in [3.8, 4) is 0 Å². The lowest BCUT2D eigenvalue weighted by molar-refractivity contribution is 0.369. The van der Waals surface area contributed by atoms with Gasteiger partial charge in [0, 0.05) is 13.6 Å². The summed E-state index contributed by atoms with van der Waals surface area (Å²) in [5.74, 6) is -9.24. The van der Waals surface area contributed by atoms with Crippen molar-refractivity contribution in [2.24, 2.45) is 0 Å². The van der Waals surface area contributed by atoms with E-state index in [0.29, 0.717) is 6.42 Å². The van der Waals surface area contributed by atoms with Gasteiger partial charge in [0.1, 0.15) is 0 Å². The molecule has 0 aliphatic rings. The molecule has 0 N–H and O–H groups in total. The van der Waals surface area contributed by atoms with E-state index in [2.05, 4.69) is 19.6 Å². The normalized spacial score (nSPS) is 12.0. The minimum Gasteiger partial charge on any atom is -0.203 e. The third-order valence-electron chi connectivity index (χ3n) is 2.65. The van der Waals surface area contributed by atoms with E-state index in [1.54, 1.807) is 0 Å². The number of benzene rings is 1. The molecule has 0 spiro atoms. The Morgan fingerprint density at radius 2 is 1.11 bits per heavy atom. The second-order valence-electron chi connectivity index (χ2n) is 5.46. The Morgan fingerprint density at radius 3 is 1.50 bits per heavy atom. The molecule has 0 aliphatic heterocycles. The summed E-state index contributed by atoms with van der Waals surface area (Å²) in [4.78, 5) is 0. The van der Waals surface area contributed by atoms with E-state index >= 15 is 0 Å². The highest BCUT2D eigenvalue weighted by Crippen LogP contribution is 2.25. The molecule has 0 aromatic heterocycles. The van der Waals surface area contributed by atoms with Gasteiger partial charge in [0.25, 0.3) is 0 Å². The lowest BCUT2D eigenvalue weighted by Gasteiger charge is -2.15. The van der Waals surface area contributed by atoms with Crippen molar-refractivity contribution < 1.29 is 22.0 Å². The average Bonchev–Trinajstić information content (AvgIpc) is 2.27. The molecule has 1 aromatic carbocycles. The Balaban J connectivity index is 2.96. The molecule has 18 heavy (non-hydrogen) atoms. The third-order valence-corrected chi connectivity index (χ3v) is 4.51. The van der Waals surface area contributed by atoms with Gasteiger partial charge >= 0.3 is 0 Å². The SMILES string of the molecule is C[Si](C)(C)CCCc1c(F)c(F)c(F)c(F)c1F. The second-order valence-corrected chi connectivity index (χ2v) is 11.1. The van der Waals surface area contributed by atoms with Gasteiger partial charge in [0.2, 0.25) is 5.82 Å². The minimum atomic E-state index is -2.10. The maximum absolute atomic E-state index is 13.3. The summed E-state index contributed by atoms with van der Waals surface area (Å²) < 4.78 is 65.2. The van der Waals surface area contributed by atoms with Crippen LogP contribution in [0.3, 0.4) is 0 Å². The Bertz CT molecular complexity index is 422. The summed E-state index contributed by atoms with van der Waals surface area (Å²) in [6, 6.07) is 0.770. The summed E-state index contributed by atoms with van der Waals surface area (Å²) in [5, 5.41) is 0. The van der Waals surface area contributed by atoms with E-state index < -0.39 is 42.7 Å². The van der Waals surface area contributed by atoms with Crippen LogP contribution in [0.15, 0.2) is 0 Å². The zero-order valence-electron chi connectivity index (χ0n) is 10.5. The number of halogens is 5. The first kappa shape index (κ1) is 15.1. The van der Waals surface area contributed by atoms with E-state index in [0.717, 1.165) is 6.04 Å². The van der Waals surface area contributed by atoms with Crippen molar-refractivity contribution in [1.82, 2.24) is 0 Å². The molecule has 0 fully saturated rings. The van der Waals surface area contributed by atoms with Gasteiger partial charge in [-0.2, -0.15) is 0 Å². The van der Waals surface area contributed by atoms with Crippen LogP contribution in [-0.4, -0.2) is 8.07 Å². The molecule has 0 amide bonds. The quantitative estimate of drug-likeness (QED) is 0.326. The van der Waals surface area contributed by atoms with Crippen LogP contribution in [0.4, 0.5) is 22.0 Å². The molecule has 1 rings (SSSR count). The van der Waals surface area contributed by atoms with Crippen molar-refractivity contribution in [3.05, 3.63) is 34.6 Å². The number of hydrogen-bond acceptors (Lipinski definition) is 0. The first-order valence-corrected chi connectivity index (χ1v) is 9.36. The molecule has 0 radical (unpaired) electrons. The highest BCUT2D eigenvalue weighted by Gasteiger charge is 2.25. The van der Waals surface area contributed by atoms with E-state index in [-0.39, 0.29) is 6.42 Å². The van der Waals surface area contributed by atoms with Crippen LogP contribution in [0.25, 0.3) is 0 Å². The van der Waals surface area contributed by atoms with Crippen molar-refractivity contribution >= 4 is 8.07 Å². The Hall–Kier alpha value is -0.913. The van der Waals surface area contributed by atoms with Crippen molar-refractivity contribution in [1.29, 1.82) is 0 Å². The fourth-order valence-corrected chi connectivity index (χ4v) is 2.90. The molecule has 1 aromatic rings. The smallest absolute Gasteiger partial charge is 0.200 e. The Morgan fingerprint density at radius 1 is 0.722 bits per heavy atom. The van der Waals surface area contributed by atoms with Crippen LogP contribution in [0.2, 0.25) is 25.7 Å². The zero-order valence-corrected chi connectivity index (χ0v) is 11.5. The molecule has 6 heteroatoms. The zero-order chi connectivity index (χ0) is 14.1. The van der Waals surface area contributed by atoms with Crippen LogP contribution in [0, 0.1) is 29.1 Å². The second kappa shape index (κ2) is 5.38. The molecule has 0 heterocycles. The lowest BCUT2D eigenvalue weighted by atomic mass is 10.1. The van der Waals surface area contributed by atoms with Gasteiger partial charge < -0.3 is 0 Å². The van der Waals surface area contributed by atoms with Crippen molar-refractivity contribution in [2.45, 2.75) is 38.5 Å². The predicted octanol–water partition coefficient (Wildman–Crippen LogP) is 4.65. The fourth-order valence-electron chi connectivity index (χ4n) is 1.67. The molecular weight excluding hydrogens is 267 g/mol. The molecule has 102 valence electrons. The van der Waals surface area contributed by atoms with E-state index in [1.807, 2.05) is 0 Å². The van der Waals surface area contributed by atoms with Gasteiger partial charge in [-0.25, -0.2) is 22.0 Å². The topological polar surface area (TPSA) is 0 Å². The van der Waals surface area contributed by atoms with Gasteiger partial charge in [0.05, 0.1) is 0 Å². The standard InChI is InChI=1S/C12H15F5Si/c1-18(2,3)6-4-5-7-8(13)10(15)12(17)11(16)9(7)14/h4-6H2,1-3H3. The molecule has 0 saturated heterocycles. The first-order valence-electron chi connectivity index (χ1n) is 5.65. The molecule has 0 saturated carbocycles. The molecular formula is C12H15F5Si. The summed E-state index contributed by atoms with van der Waals surface area (Å²) in [5.41, 5.74) is -0.704. The van der Waals surface area contributed by atoms with Crippen molar-refractivity contribution in [2.75, 3.05) is 0 Å². The van der Waals surface area contributed by atoms with Crippen LogP contribution < -0.4 is 0 Å². The number of hydrogen-bond donors (Lipinski definition) is 0. The molecule has 0 nitrogen and oxygen atoms in total. The summed E-state index contributed by atoms with van der Waals surface area (Å²) in [6.45, 7) is 6.22. The Kier molecular flexibility index (Phi) is 4.53. The van der Waals surface area contributed by atoms with Gasteiger partial charge in [0.15, 0.2) is 23.3 Å². The molecule has 0 unspecified atom stereocenters. The lowest BCUT2D eigenvalue weighted by Crippen LogP contribution is -2.19. The first-order chi connectivity index (χ1) is 8.15. The third kappa shape index (κ3) is 3.31. The monoisotopic (exact) mass is 282 g/mol. The predicted molar refractivity (Wildman–Crippen MR) is 62.7 cm³/mol. The minimum absolute atomic E-state index is 0.129. The van der Waals surface area contributed by atoms with Crippen LogP contribution in [-0.2, 0) is 6.42 Å². The van der Waals surface area contributed by atoms with E-state index in [9.17, 15) is 22.0 Å². The van der Waals surface area contributed by atoms with Crippen LogP contribution in [0.1, 0.15) is 12.0 Å². The van der Waals surface area contributed by atoms with Crippen LogP contribution in [0.5, 0.6) is 0 Å². The largest absolute Gasteiger partial charge is 0.203 e.